The zero-order valence-electron chi connectivity index (χ0n) is 10.3. The van der Waals surface area contributed by atoms with Crippen molar-refractivity contribution in [2.75, 3.05) is 18.4 Å². The number of hydrogen-bond acceptors (Lipinski definition) is 4. The maximum absolute atomic E-state index is 4.48. The third kappa shape index (κ3) is 1.84. The highest BCUT2D eigenvalue weighted by atomic mass is 15.4. The summed E-state index contributed by atoms with van der Waals surface area (Å²) in [4.78, 5) is 7.07. The first-order chi connectivity index (χ1) is 8.88. The lowest BCUT2D eigenvalue weighted by Crippen LogP contribution is -2.28. The van der Waals surface area contributed by atoms with Crippen LogP contribution in [-0.4, -0.2) is 44.7 Å². The van der Waals surface area contributed by atoms with Gasteiger partial charge < -0.3 is 5.32 Å². The molecule has 0 radical (unpaired) electrons. The van der Waals surface area contributed by atoms with E-state index in [1.54, 1.807) is 0 Å². The standard InChI is InChI=1S/C13H17N5/c1-2-7-18-12(3-1)15-13(16-18)14-10-6-8-17(9-10)11-4-5-11/h1-3,7,10-11H,4-6,8-9H2,(H,14,16). The molecule has 1 aliphatic carbocycles. The molecule has 0 amide bonds. The van der Waals surface area contributed by atoms with Crippen LogP contribution in [0.1, 0.15) is 19.3 Å². The van der Waals surface area contributed by atoms with Crippen LogP contribution in [-0.2, 0) is 0 Å². The zero-order valence-corrected chi connectivity index (χ0v) is 10.3. The fraction of sp³-hybridized carbons (Fsp3) is 0.538. The first-order valence-corrected chi connectivity index (χ1v) is 6.70. The third-order valence-electron chi connectivity index (χ3n) is 3.86. The van der Waals surface area contributed by atoms with E-state index in [0.29, 0.717) is 6.04 Å². The number of nitrogens with zero attached hydrogens (tertiary/aromatic N) is 4. The van der Waals surface area contributed by atoms with Gasteiger partial charge in [-0.05, 0) is 31.4 Å². The number of nitrogens with one attached hydrogen (secondary N) is 1. The Labute approximate surface area is 106 Å². The average Bonchev–Trinajstić information content (AvgIpc) is 2.99. The highest BCUT2D eigenvalue weighted by molar-refractivity contribution is 5.43. The molecule has 2 fully saturated rings. The van der Waals surface area contributed by atoms with Gasteiger partial charge in [0.15, 0.2) is 5.65 Å². The second-order valence-electron chi connectivity index (χ2n) is 5.29. The molecule has 0 bridgehead atoms. The first-order valence-electron chi connectivity index (χ1n) is 6.70. The summed E-state index contributed by atoms with van der Waals surface area (Å²) in [5, 5.41) is 7.90. The Kier molecular flexibility index (Phi) is 2.26. The predicted octanol–water partition coefficient (Wildman–Crippen LogP) is 1.38. The van der Waals surface area contributed by atoms with Crippen molar-refractivity contribution >= 4 is 11.6 Å². The normalized spacial score (nSPS) is 24.8. The van der Waals surface area contributed by atoms with Gasteiger partial charge >= 0.3 is 0 Å². The van der Waals surface area contributed by atoms with Gasteiger partial charge in [0.2, 0.25) is 5.95 Å². The van der Waals surface area contributed by atoms with Crippen molar-refractivity contribution in [3.05, 3.63) is 24.4 Å². The van der Waals surface area contributed by atoms with Gasteiger partial charge in [0.05, 0.1) is 0 Å². The molecule has 2 aliphatic rings. The molecule has 1 saturated carbocycles. The lowest BCUT2D eigenvalue weighted by molar-refractivity contribution is 0.326. The van der Waals surface area contributed by atoms with Crippen LogP contribution >= 0.6 is 0 Å². The molecule has 18 heavy (non-hydrogen) atoms. The largest absolute Gasteiger partial charge is 0.349 e. The fourth-order valence-corrected chi connectivity index (χ4v) is 2.75. The van der Waals surface area contributed by atoms with Crippen LogP contribution < -0.4 is 5.32 Å². The molecule has 2 aromatic rings. The molecule has 2 aromatic heterocycles. The molecule has 4 rings (SSSR count). The van der Waals surface area contributed by atoms with Gasteiger partial charge in [0.1, 0.15) is 0 Å². The topological polar surface area (TPSA) is 45.5 Å². The summed E-state index contributed by atoms with van der Waals surface area (Å²) in [6.45, 7) is 2.36. The SMILES string of the molecule is c1ccn2nc(NC3CCN(C4CC4)C3)nc2c1. The predicted molar refractivity (Wildman–Crippen MR) is 69.6 cm³/mol. The van der Waals surface area contributed by atoms with Crippen LogP contribution in [0.25, 0.3) is 5.65 Å². The van der Waals surface area contributed by atoms with Gasteiger partial charge in [-0.25, -0.2) is 4.52 Å². The van der Waals surface area contributed by atoms with E-state index in [1.807, 2.05) is 28.9 Å². The number of aromatic nitrogens is 3. The van der Waals surface area contributed by atoms with Gasteiger partial charge in [0.25, 0.3) is 0 Å². The van der Waals surface area contributed by atoms with E-state index < -0.39 is 0 Å². The van der Waals surface area contributed by atoms with Crippen LogP contribution in [0.5, 0.6) is 0 Å². The summed E-state index contributed by atoms with van der Waals surface area (Å²) in [6.07, 6.45) is 5.91. The van der Waals surface area contributed by atoms with Crippen molar-refractivity contribution in [3.63, 3.8) is 0 Å². The Balaban J connectivity index is 1.47. The number of hydrogen-bond donors (Lipinski definition) is 1. The molecule has 5 heteroatoms. The molecule has 3 heterocycles. The Hall–Kier alpha value is -1.62. The molecule has 1 N–H and O–H groups in total. The van der Waals surface area contributed by atoms with Crippen molar-refractivity contribution in [1.29, 1.82) is 0 Å². The van der Waals surface area contributed by atoms with Crippen LogP contribution in [0, 0.1) is 0 Å². The Bertz CT molecular complexity index is 526. The molecule has 0 spiro atoms. The van der Waals surface area contributed by atoms with Gasteiger partial charge in [-0.3, -0.25) is 4.90 Å². The van der Waals surface area contributed by atoms with Crippen LogP contribution in [0.15, 0.2) is 24.4 Å². The molecule has 0 aromatic carbocycles. The number of rotatable bonds is 3. The number of fused-ring (bicyclic) bond motifs is 1. The molecule has 94 valence electrons. The summed E-state index contributed by atoms with van der Waals surface area (Å²) in [6, 6.07) is 7.30. The minimum Gasteiger partial charge on any atom is -0.349 e. The Morgan fingerprint density at radius 2 is 2.17 bits per heavy atom. The monoisotopic (exact) mass is 243 g/mol. The van der Waals surface area contributed by atoms with Gasteiger partial charge in [-0.15, -0.1) is 5.10 Å². The van der Waals surface area contributed by atoms with Gasteiger partial charge in [-0.2, -0.15) is 4.98 Å². The van der Waals surface area contributed by atoms with Gasteiger partial charge in [0, 0.05) is 31.4 Å². The first kappa shape index (κ1) is 10.3. The van der Waals surface area contributed by atoms with Gasteiger partial charge in [-0.1, -0.05) is 6.07 Å². The van der Waals surface area contributed by atoms with Crippen molar-refractivity contribution in [2.24, 2.45) is 0 Å². The molecule has 1 saturated heterocycles. The second-order valence-corrected chi connectivity index (χ2v) is 5.29. The quantitative estimate of drug-likeness (QED) is 0.884. The lowest BCUT2D eigenvalue weighted by Gasteiger charge is -2.14. The molecule has 1 aliphatic heterocycles. The Morgan fingerprint density at radius 1 is 1.22 bits per heavy atom. The molecule has 1 atom stereocenters. The van der Waals surface area contributed by atoms with Crippen molar-refractivity contribution in [3.8, 4) is 0 Å². The van der Waals surface area contributed by atoms with E-state index in [1.165, 1.54) is 25.8 Å². The van der Waals surface area contributed by atoms with Crippen LogP contribution in [0.3, 0.4) is 0 Å². The number of pyridine rings is 1. The highest BCUT2D eigenvalue weighted by Gasteiger charge is 2.34. The fourth-order valence-electron chi connectivity index (χ4n) is 2.75. The lowest BCUT2D eigenvalue weighted by atomic mass is 10.3. The van der Waals surface area contributed by atoms with Crippen LogP contribution in [0.2, 0.25) is 0 Å². The zero-order chi connectivity index (χ0) is 11.9. The summed E-state index contributed by atoms with van der Waals surface area (Å²) < 4.78 is 1.82. The van der Waals surface area contributed by atoms with E-state index >= 15 is 0 Å². The minimum absolute atomic E-state index is 0.503. The van der Waals surface area contributed by atoms with Crippen molar-refractivity contribution < 1.29 is 0 Å². The molecular weight excluding hydrogens is 226 g/mol. The van der Waals surface area contributed by atoms with E-state index in [-0.39, 0.29) is 0 Å². The van der Waals surface area contributed by atoms with Crippen LogP contribution in [0.4, 0.5) is 5.95 Å². The summed E-state index contributed by atoms with van der Waals surface area (Å²) in [5.74, 6) is 0.754. The van der Waals surface area contributed by atoms with E-state index in [4.69, 9.17) is 0 Å². The van der Waals surface area contributed by atoms with Crippen molar-refractivity contribution in [1.82, 2.24) is 19.5 Å². The number of likely N-dealkylation sites (tertiary alicyclic amines) is 1. The highest BCUT2D eigenvalue weighted by Crippen LogP contribution is 2.30. The van der Waals surface area contributed by atoms with Crippen molar-refractivity contribution in [2.45, 2.75) is 31.3 Å². The van der Waals surface area contributed by atoms with E-state index in [9.17, 15) is 0 Å². The maximum Gasteiger partial charge on any atom is 0.243 e. The summed E-state index contributed by atoms with van der Waals surface area (Å²) in [7, 11) is 0. The molecular formula is C13H17N5. The van der Waals surface area contributed by atoms with E-state index in [0.717, 1.165) is 24.2 Å². The molecule has 1 unspecified atom stereocenters. The smallest absolute Gasteiger partial charge is 0.243 e. The summed E-state index contributed by atoms with van der Waals surface area (Å²) >= 11 is 0. The molecule has 5 nitrogen and oxygen atoms in total. The Morgan fingerprint density at radius 3 is 3.00 bits per heavy atom. The third-order valence-corrected chi connectivity index (χ3v) is 3.86. The minimum atomic E-state index is 0.503. The van der Waals surface area contributed by atoms with E-state index in [2.05, 4.69) is 20.3 Å². The maximum atomic E-state index is 4.48. The average molecular weight is 243 g/mol. The summed E-state index contributed by atoms with van der Waals surface area (Å²) in [5.41, 5.74) is 0.900. The second kappa shape index (κ2) is 3.95. The number of anilines is 1.